The second kappa shape index (κ2) is 13.5. The van der Waals surface area contributed by atoms with Gasteiger partial charge in [-0.3, -0.25) is 13.9 Å². The van der Waals surface area contributed by atoms with Crippen LogP contribution in [0.5, 0.6) is 0 Å². The molecule has 1 N–H and O–H groups in total. The summed E-state index contributed by atoms with van der Waals surface area (Å²) in [6, 6.07) is 20.7. The molecule has 0 heterocycles. The predicted molar refractivity (Wildman–Crippen MR) is 151 cm³/mol. The molecule has 3 aromatic rings. The minimum absolute atomic E-state index is 0.0102. The molecule has 38 heavy (non-hydrogen) atoms. The summed E-state index contributed by atoms with van der Waals surface area (Å²) in [6.07, 6.45) is 1.95. The molecule has 202 valence electrons. The van der Waals surface area contributed by atoms with E-state index in [0.717, 1.165) is 16.1 Å². The van der Waals surface area contributed by atoms with Crippen LogP contribution in [0.2, 0.25) is 0 Å². The number of benzene rings is 3. The fourth-order valence-corrected chi connectivity index (χ4v) is 5.43. The maximum atomic E-state index is 13.9. The second-order valence-electron chi connectivity index (χ2n) is 8.87. The normalized spacial score (nSPS) is 12.0. The van der Waals surface area contributed by atoms with E-state index in [4.69, 9.17) is 0 Å². The van der Waals surface area contributed by atoms with Crippen molar-refractivity contribution in [3.63, 3.8) is 0 Å². The first-order chi connectivity index (χ1) is 18.1. The van der Waals surface area contributed by atoms with Crippen LogP contribution in [-0.2, 0) is 32.6 Å². The third-order valence-electron chi connectivity index (χ3n) is 5.89. The van der Waals surface area contributed by atoms with Gasteiger partial charge in [0.1, 0.15) is 18.4 Å². The fourth-order valence-electron chi connectivity index (χ4n) is 3.96. The number of sulfonamides is 1. The largest absolute Gasteiger partial charge is 0.354 e. The van der Waals surface area contributed by atoms with Crippen LogP contribution in [0.4, 0.5) is 10.1 Å². The summed E-state index contributed by atoms with van der Waals surface area (Å²) in [5.74, 6) is -1.34. The Labute approximate surface area is 231 Å². The zero-order valence-corrected chi connectivity index (χ0v) is 23.7. The van der Waals surface area contributed by atoms with Crippen molar-refractivity contribution in [2.24, 2.45) is 0 Å². The molecule has 0 aliphatic carbocycles. The monoisotopic (exact) mass is 603 g/mol. The second-order valence-corrected chi connectivity index (χ2v) is 11.6. The van der Waals surface area contributed by atoms with Gasteiger partial charge in [-0.25, -0.2) is 12.8 Å². The Bertz CT molecular complexity index is 1340. The third kappa shape index (κ3) is 8.13. The molecule has 3 rings (SSSR count). The van der Waals surface area contributed by atoms with Gasteiger partial charge in [0.2, 0.25) is 21.8 Å². The van der Waals surface area contributed by atoms with E-state index in [1.807, 2.05) is 37.3 Å². The predicted octanol–water partition coefficient (Wildman–Crippen LogP) is 4.52. The average Bonchev–Trinajstić information content (AvgIpc) is 2.89. The average molecular weight is 605 g/mol. The lowest BCUT2D eigenvalue weighted by atomic mass is 10.0. The Morgan fingerprint density at radius 3 is 2.18 bits per heavy atom. The highest BCUT2D eigenvalue weighted by Gasteiger charge is 2.33. The Morgan fingerprint density at radius 1 is 0.947 bits per heavy atom. The minimum Gasteiger partial charge on any atom is -0.354 e. The van der Waals surface area contributed by atoms with Gasteiger partial charge in [0.25, 0.3) is 0 Å². The number of para-hydroxylation sites is 1. The molecule has 0 radical (unpaired) electrons. The smallest absolute Gasteiger partial charge is 0.244 e. The first-order valence-electron chi connectivity index (χ1n) is 12.2. The molecule has 2 amide bonds. The molecule has 0 aromatic heterocycles. The maximum absolute atomic E-state index is 13.9. The minimum atomic E-state index is -3.86. The van der Waals surface area contributed by atoms with Crippen LogP contribution in [0, 0.1) is 5.82 Å². The Hall–Kier alpha value is -3.24. The van der Waals surface area contributed by atoms with E-state index in [2.05, 4.69) is 21.2 Å². The molecule has 0 aliphatic rings. The van der Waals surface area contributed by atoms with Crippen molar-refractivity contribution in [2.45, 2.75) is 32.4 Å². The molecular formula is C28H31BrFN3O4S. The highest BCUT2D eigenvalue weighted by atomic mass is 79.9. The first kappa shape index (κ1) is 29.3. The molecule has 0 unspecified atom stereocenters. The molecule has 7 nitrogen and oxygen atoms in total. The van der Waals surface area contributed by atoms with E-state index < -0.39 is 34.3 Å². The van der Waals surface area contributed by atoms with Crippen molar-refractivity contribution in [3.05, 3.63) is 100 Å². The van der Waals surface area contributed by atoms with E-state index in [9.17, 15) is 22.4 Å². The molecule has 0 saturated heterocycles. The molecular weight excluding hydrogens is 573 g/mol. The number of nitrogens with one attached hydrogen (secondary N) is 1. The standard InChI is InChI=1S/C28H31BrFN3O4S/c1-3-17-31-28(35)26(18-21-9-5-4-6-10-21)32(19-22-13-15-23(30)16-14-22)27(34)20-33(38(2,36)37)25-12-8-7-11-24(25)29/h4-16,26H,3,17-20H2,1-2H3,(H,31,35)/t26-/m1/s1. The van der Waals surface area contributed by atoms with E-state index in [1.54, 1.807) is 36.4 Å². The summed E-state index contributed by atoms with van der Waals surface area (Å²) in [7, 11) is -3.86. The van der Waals surface area contributed by atoms with Crippen molar-refractivity contribution >= 4 is 43.5 Å². The molecule has 0 fully saturated rings. The summed E-state index contributed by atoms with van der Waals surface area (Å²) in [4.78, 5) is 28.7. The topological polar surface area (TPSA) is 86.8 Å². The Balaban J connectivity index is 2.04. The van der Waals surface area contributed by atoms with Gasteiger partial charge < -0.3 is 10.2 Å². The molecule has 3 aromatic carbocycles. The number of carbonyl (C=O) groups is 2. The van der Waals surface area contributed by atoms with E-state index in [1.165, 1.54) is 17.0 Å². The summed E-state index contributed by atoms with van der Waals surface area (Å²) >= 11 is 3.37. The van der Waals surface area contributed by atoms with Gasteiger partial charge in [0, 0.05) is 24.0 Å². The Morgan fingerprint density at radius 2 is 1.58 bits per heavy atom. The van der Waals surface area contributed by atoms with Crippen LogP contribution in [-0.4, -0.2) is 50.5 Å². The van der Waals surface area contributed by atoms with Crippen molar-refractivity contribution < 1.29 is 22.4 Å². The van der Waals surface area contributed by atoms with Gasteiger partial charge in [-0.2, -0.15) is 0 Å². The zero-order valence-electron chi connectivity index (χ0n) is 21.3. The van der Waals surface area contributed by atoms with Gasteiger partial charge >= 0.3 is 0 Å². The van der Waals surface area contributed by atoms with E-state index in [-0.39, 0.29) is 18.9 Å². The number of nitrogens with zero attached hydrogens (tertiary/aromatic N) is 2. The van der Waals surface area contributed by atoms with Gasteiger partial charge in [0.15, 0.2) is 0 Å². The van der Waals surface area contributed by atoms with Crippen molar-refractivity contribution in [2.75, 3.05) is 23.7 Å². The lowest BCUT2D eigenvalue weighted by Gasteiger charge is -2.33. The lowest BCUT2D eigenvalue weighted by Crippen LogP contribution is -2.53. The number of hydrogen-bond acceptors (Lipinski definition) is 4. The number of hydrogen-bond donors (Lipinski definition) is 1. The van der Waals surface area contributed by atoms with Crippen LogP contribution >= 0.6 is 15.9 Å². The van der Waals surface area contributed by atoms with E-state index >= 15 is 0 Å². The van der Waals surface area contributed by atoms with Crippen LogP contribution in [0.25, 0.3) is 0 Å². The third-order valence-corrected chi connectivity index (χ3v) is 7.68. The molecule has 10 heteroatoms. The first-order valence-corrected chi connectivity index (χ1v) is 14.8. The van der Waals surface area contributed by atoms with Crippen LogP contribution in [0.15, 0.2) is 83.3 Å². The summed E-state index contributed by atoms with van der Waals surface area (Å²) < 4.78 is 40.7. The van der Waals surface area contributed by atoms with Crippen LogP contribution < -0.4 is 9.62 Å². The van der Waals surface area contributed by atoms with Crippen molar-refractivity contribution in [3.8, 4) is 0 Å². The number of rotatable bonds is 12. The number of halogens is 2. The van der Waals surface area contributed by atoms with Crippen molar-refractivity contribution in [1.29, 1.82) is 0 Å². The van der Waals surface area contributed by atoms with Crippen molar-refractivity contribution in [1.82, 2.24) is 10.2 Å². The molecule has 0 spiro atoms. The van der Waals surface area contributed by atoms with Gasteiger partial charge in [-0.1, -0.05) is 61.5 Å². The summed E-state index contributed by atoms with van der Waals surface area (Å²) in [5.41, 5.74) is 1.75. The number of carbonyl (C=O) groups excluding carboxylic acids is 2. The molecule has 0 saturated carbocycles. The Kier molecular flexibility index (Phi) is 10.4. The quantitative estimate of drug-likeness (QED) is 0.330. The van der Waals surface area contributed by atoms with Gasteiger partial charge in [-0.15, -0.1) is 0 Å². The zero-order chi connectivity index (χ0) is 27.7. The van der Waals surface area contributed by atoms with Crippen LogP contribution in [0.1, 0.15) is 24.5 Å². The highest BCUT2D eigenvalue weighted by molar-refractivity contribution is 9.10. The highest BCUT2D eigenvalue weighted by Crippen LogP contribution is 2.28. The van der Waals surface area contributed by atoms with Crippen LogP contribution in [0.3, 0.4) is 0 Å². The maximum Gasteiger partial charge on any atom is 0.244 e. The summed E-state index contributed by atoms with van der Waals surface area (Å²) in [5, 5.41) is 2.88. The van der Waals surface area contributed by atoms with Gasteiger partial charge in [0.05, 0.1) is 11.9 Å². The lowest BCUT2D eigenvalue weighted by molar-refractivity contribution is -0.140. The molecule has 1 atom stereocenters. The fraction of sp³-hybridized carbons (Fsp3) is 0.286. The number of amides is 2. The van der Waals surface area contributed by atoms with E-state index in [0.29, 0.717) is 28.7 Å². The molecule has 0 bridgehead atoms. The SMILES string of the molecule is CCCNC(=O)[C@@H](Cc1ccccc1)N(Cc1ccc(F)cc1)C(=O)CN(c1ccccc1Br)S(C)(=O)=O. The number of anilines is 1. The molecule has 0 aliphatic heterocycles. The van der Waals surface area contributed by atoms with Gasteiger partial charge in [-0.05, 0) is 57.7 Å². The summed E-state index contributed by atoms with van der Waals surface area (Å²) in [6.45, 7) is 1.82.